The van der Waals surface area contributed by atoms with E-state index in [1.54, 1.807) is 6.26 Å². The van der Waals surface area contributed by atoms with Gasteiger partial charge < -0.3 is 14.2 Å². The van der Waals surface area contributed by atoms with Gasteiger partial charge in [0.15, 0.2) is 11.5 Å². The first-order valence-electron chi connectivity index (χ1n) is 4.17. The number of hydrogen-bond acceptors (Lipinski definition) is 3. The summed E-state index contributed by atoms with van der Waals surface area (Å²) in [7, 11) is 1.88. The number of rotatable bonds is 3. The maximum absolute atomic E-state index is 5.51. The molecule has 2 aromatic rings. The van der Waals surface area contributed by atoms with Gasteiger partial charge in [-0.05, 0) is 31.3 Å². The highest BCUT2D eigenvalue weighted by Gasteiger charge is 2.05. The molecule has 3 nitrogen and oxygen atoms in total. The molecule has 0 aliphatic carbocycles. The Morgan fingerprint density at radius 3 is 2.85 bits per heavy atom. The highest BCUT2D eigenvalue weighted by Crippen LogP contribution is 2.22. The number of furan rings is 2. The molecule has 13 heavy (non-hydrogen) atoms. The van der Waals surface area contributed by atoms with Crippen LogP contribution in [0.1, 0.15) is 5.76 Å². The van der Waals surface area contributed by atoms with E-state index in [1.165, 1.54) is 0 Å². The fourth-order valence-corrected chi connectivity index (χ4v) is 1.20. The number of nitrogens with one attached hydrogen (secondary N) is 1. The largest absolute Gasteiger partial charge is 0.461 e. The van der Waals surface area contributed by atoms with Crippen LogP contribution in [0, 0.1) is 0 Å². The summed E-state index contributed by atoms with van der Waals surface area (Å²) in [6.45, 7) is 0.737. The Labute approximate surface area is 76.4 Å². The summed E-state index contributed by atoms with van der Waals surface area (Å²) in [5.74, 6) is 2.45. The van der Waals surface area contributed by atoms with E-state index in [0.717, 1.165) is 23.8 Å². The van der Waals surface area contributed by atoms with Gasteiger partial charge in [0, 0.05) is 0 Å². The lowest BCUT2D eigenvalue weighted by Gasteiger charge is -1.92. The number of hydrogen-bond donors (Lipinski definition) is 1. The second kappa shape index (κ2) is 3.49. The van der Waals surface area contributed by atoms with Crippen molar-refractivity contribution in [3.63, 3.8) is 0 Å². The van der Waals surface area contributed by atoms with Crippen LogP contribution in [0.25, 0.3) is 11.5 Å². The van der Waals surface area contributed by atoms with E-state index in [1.807, 2.05) is 31.3 Å². The van der Waals surface area contributed by atoms with Gasteiger partial charge >= 0.3 is 0 Å². The van der Waals surface area contributed by atoms with Crippen molar-refractivity contribution in [1.29, 1.82) is 0 Å². The fraction of sp³-hybridized carbons (Fsp3) is 0.200. The Hall–Kier alpha value is -1.48. The van der Waals surface area contributed by atoms with Crippen LogP contribution >= 0.6 is 0 Å². The van der Waals surface area contributed by atoms with Crippen molar-refractivity contribution < 1.29 is 8.83 Å². The minimum absolute atomic E-state index is 0.737. The molecule has 2 aromatic heterocycles. The third-order valence-corrected chi connectivity index (χ3v) is 1.78. The maximum Gasteiger partial charge on any atom is 0.169 e. The van der Waals surface area contributed by atoms with Gasteiger partial charge in [0.25, 0.3) is 0 Å². The van der Waals surface area contributed by atoms with E-state index in [-0.39, 0.29) is 0 Å². The molecule has 0 amide bonds. The smallest absolute Gasteiger partial charge is 0.169 e. The summed E-state index contributed by atoms with van der Waals surface area (Å²) in [6.07, 6.45) is 1.63. The van der Waals surface area contributed by atoms with Gasteiger partial charge in [0.05, 0.1) is 12.8 Å². The molecule has 68 valence electrons. The highest BCUT2D eigenvalue weighted by molar-refractivity contribution is 5.49. The minimum atomic E-state index is 0.737. The maximum atomic E-state index is 5.51. The fourth-order valence-electron chi connectivity index (χ4n) is 1.20. The van der Waals surface area contributed by atoms with Crippen molar-refractivity contribution in [1.82, 2.24) is 5.32 Å². The van der Waals surface area contributed by atoms with Crippen molar-refractivity contribution in [2.45, 2.75) is 6.54 Å². The quantitative estimate of drug-likeness (QED) is 0.781. The zero-order valence-electron chi connectivity index (χ0n) is 7.41. The van der Waals surface area contributed by atoms with Crippen LogP contribution in [0.15, 0.2) is 39.4 Å². The Balaban J connectivity index is 2.23. The molecule has 0 unspecified atom stereocenters. The zero-order valence-corrected chi connectivity index (χ0v) is 7.41. The van der Waals surface area contributed by atoms with Gasteiger partial charge in [0.1, 0.15) is 5.76 Å². The van der Waals surface area contributed by atoms with Gasteiger partial charge in [0.2, 0.25) is 0 Å². The summed E-state index contributed by atoms with van der Waals surface area (Å²) in [5, 5.41) is 3.02. The standard InChI is InChI=1S/C10H11NO2/c1-11-7-8-4-5-10(13-8)9-3-2-6-12-9/h2-6,11H,7H2,1H3. The van der Waals surface area contributed by atoms with Gasteiger partial charge in [-0.3, -0.25) is 0 Å². The molecule has 0 aliphatic rings. The molecule has 0 atom stereocenters. The summed E-state index contributed by atoms with van der Waals surface area (Å²) in [6, 6.07) is 7.57. The molecule has 2 heterocycles. The van der Waals surface area contributed by atoms with E-state index in [4.69, 9.17) is 8.83 Å². The second-order valence-electron chi connectivity index (χ2n) is 2.77. The predicted octanol–water partition coefficient (Wildman–Crippen LogP) is 2.26. The van der Waals surface area contributed by atoms with Crippen LogP contribution in [0.3, 0.4) is 0 Å². The minimum Gasteiger partial charge on any atom is -0.461 e. The molecular weight excluding hydrogens is 166 g/mol. The topological polar surface area (TPSA) is 38.3 Å². The third-order valence-electron chi connectivity index (χ3n) is 1.78. The van der Waals surface area contributed by atoms with Crippen molar-refractivity contribution >= 4 is 0 Å². The van der Waals surface area contributed by atoms with Crippen LogP contribution in [0.2, 0.25) is 0 Å². The Bertz CT molecular complexity index is 362. The van der Waals surface area contributed by atoms with Crippen LogP contribution in [0.5, 0.6) is 0 Å². The summed E-state index contributed by atoms with van der Waals surface area (Å²) in [5.41, 5.74) is 0. The lowest BCUT2D eigenvalue weighted by Crippen LogP contribution is -2.03. The van der Waals surface area contributed by atoms with Crippen LogP contribution in [0.4, 0.5) is 0 Å². The normalized spacial score (nSPS) is 10.5. The molecule has 1 N–H and O–H groups in total. The second-order valence-corrected chi connectivity index (χ2v) is 2.77. The van der Waals surface area contributed by atoms with E-state index < -0.39 is 0 Å². The molecule has 0 aromatic carbocycles. The molecule has 0 spiro atoms. The molecule has 0 aliphatic heterocycles. The first-order valence-corrected chi connectivity index (χ1v) is 4.17. The van der Waals surface area contributed by atoms with Gasteiger partial charge in [-0.15, -0.1) is 0 Å². The summed E-state index contributed by atoms with van der Waals surface area (Å²) in [4.78, 5) is 0. The first kappa shape index (κ1) is 8.13. The molecule has 2 rings (SSSR count). The molecule has 0 saturated heterocycles. The molecule has 0 saturated carbocycles. The van der Waals surface area contributed by atoms with Crippen LogP contribution < -0.4 is 5.32 Å². The van der Waals surface area contributed by atoms with Crippen LogP contribution in [-0.2, 0) is 6.54 Å². The van der Waals surface area contributed by atoms with Gasteiger partial charge in [-0.2, -0.15) is 0 Å². The lowest BCUT2D eigenvalue weighted by molar-refractivity contribution is 0.482. The van der Waals surface area contributed by atoms with Crippen molar-refractivity contribution in [2.75, 3.05) is 7.05 Å². The van der Waals surface area contributed by atoms with Crippen molar-refractivity contribution in [2.24, 2.45) is 0 Å². The Morgan fingerprint density at radius 2 is 2.15 bits per heavy atom. The molecule has 0 radical (unpaired) electrons. The Kier molecular flexibility index (Phi) is 2.19. The summed E-state index contributed by atoms with van der Waals surface area (Å²) >= 11 is 0. The van der Waals surface area contributed by atoms with E-state index in [2.05, 4.69) is 5.32 Å². The van der Waals surface area contributed by atoms with Crippen LogP contribution in [-0.4, -0.2) is 7.05 Å². The molecule has 0 bridgehead atoms. The SMILES string of the molecule is CNCc1ccc(-c2ccco2)o1. The van der Waals surface area contributed by atoms with Crippen molar-refractivity contribution in [3.8, 4) is 11.5 Å². The monoisotopic (exact) mass is 177 g/mol. The predicted molar refractivity (Wildman–Crippen MR) is 49.2 cm³/mol. The summed E-state index contributed by atoms with van der Waals surface area (Å²) < 4.78 is 10.7. The van der Waals surface area contributed by atoms with E-state index >= 15 is 0 Å². The first-order chi connectivity index (χ1) is 6.40. The molecule has 3 heteroatoms. The van der Waals surface area contributed by atoms with E-state index in [9.17, 15) is 0 Å². The van der Waals surface area contributed by atoms with E-state index in [0.29, 0.717) is 0 Å². The molecular formula is C10H11NO2. The average Bonchev–Trinajstić information content (AvgIpc) is 2.70. The van der Waals surface area contributed by atoms with Gasteiger partial charge in [-0.25, -0.2) is 0 Å². The molecule has 0 fully saturated rings. The van der Waals surface area contributed by atoms with Crippen molar-refractivity contribution in [3.05, 3.63) is 36.3 Å². The van der Waals surface area contributed by atoms with Gasteiger partial charge in [-0.1, -0.05) is 0 Å². The third kappa shape index (κ3) is 1.65. The Morgan fingerprint density at radius 1 is 1.23 bits per heavy atom. The lowest BCUT2D eigenvalue weighted by atomic mass is 10.3. The highest BCUT2D eigenvalue weighted by atomic mass is 16.4. The zero-order chi connectivity index (χ0) is 9.10. The average molecular weight is 177 g/mol.